The minimum Gasteiger partial charge on any atom is -0.480 e. The summed E-state index contributed by atoms with van der Waals surface area (Å²) in [6.07, 6.45) is -0.568. The van der Waals surface area contributed by atoms with E-state index in [9.17, 15) is 19.5 Å². The summed E-state index contributed by atoms with van der Waals surface area (Å²) in [6.45, 7) is 4.40. The van der Waals surface area contributed by atoms with Crippen LogP contribution in [0.1, 0.15) is 30.9 Å². The molecule has 2 aliphatic rings. The molecule has 1 saturated heterocycles. The summed E-state index contributed by atoms with van der Waals surface area (Å²) in [6, 6.07) is 15.8. The third kappa shape index (κ3) is 4.85. The number of carboxylic acid groups (broad SMARTS) is 1. The Morgan fingerprint density at radius 1 is 1.09 bits per heavy atom. The number of ether oxygens (including phenoxy) is 1. The second-order valence-corrected chi connectivity index (χ2v) is 9.84. The van der Waals surface area contributed by atoms with Crippen LogP contribution in [0.25, 0.3) is 11.1 Å². The summed E-state index contributed by atoms with van der Waals surface area (Å²) in [7, 11) is 0. The van der Waals surface area contributed by atoms with E-state index in [0.29, 0.717) is 12.3 Å². The van der Waals surface area contributed by atoms with Crippen LogP contribution in [0.5, 0.6) is 0 Å². The van der Waals surface area contributed by atoms with E-state index in [1.54, 1.807) is 18.7 Å². The van der Waals surface area contributed by atoms with Crippen molar-refractivity contribution in [3.63, 3.8) is 0 Å². The number of fused-ring (bicyclic) bond motifs is 3. The molecule has 8 heteroatoms. The zero-order valence-electron chi connectivity index (χ0n) is 18.7. The fourth-order valence-corrected chi connectivity index (χ4v) is 5.49. The predicted molar refractivity (Wildman–Crippen MR) is 127 cm³/mol. The second kappa shape index (κ2) is 9.87. The Kier molecular flexibility index (Phi) is 6.93. The zero-order chi connectivity index (χ0) is 23.5. The van der Waals surface area contributed by atoms with Crippen LogP contribution < -0.4 is 5.32 Å². The van der Waals surface area contributed by atoms with Crippen LogP contribution in [-0.2, 0) is 14.3 Å². The summed E-state index contributed by atoms with van der Waals surface area (Å²) in [5.41, 5.74) is 4.60. The van der Waals surface area contributed by atoms with E-state index in [-0.39, 0.29) is 25.0 Å². The highest BCUT2D eigenvalue weighted by Gasteiger charge is 2.33. The number of amides is 2. The lowest BCUT2D eigenvalue weighted by Crippen LogP contribution is -2.50. The molecule has 2 aromatic carbocycles. The quantitative estimate of drug-likeness (QED) is 0.673. The minimum atomic E-state index is -0.907. The van der Waals surface area contributed by atoms with Crippen molar-refractivity contribution in [2.45, 2.75) is 31.1 Å². The summed E-state index contributed by atoms with van der Waals surface area (Å²) in [5.74, 6) is -1.01. The number of aliphatic carboxylic acids is 1. The third-order valence-electron chi connectivity index (χ3n) is 6.48. The van der Waals surface area contributed by atoms with Gasteiger partial charge in [0, 0.05) is 30.8 Å². The molecule has 0 saturated carbocycles. The van der Waals surface area contributed by atoms with E-state index in [0.717, 1.165) is 22.3 Å². The molecule has 174 valence electrons. The van der Waals surface area contributed by atoms with Crippen molar-refractivity contribution >= 4 is 29.7 Å². The van der Waals surface area contributed by atoms with E-state index in [1.807, 2.05) is 24.3 Å². The number of alkyl carbamates (subject to hydrolysis) is 1. The number of hydrogen-bond donors (Lipinski definition) is 2. The number of nitrogens with zero attached hydrogens (tertiary/aromatic N) is 1. The molecule has 4 rings (SSSR count). The first-order chi connectivity index (χ1) is 15.9. The Balaban J connectivity index is 1.33. The first-order valence-corrected chi connectivity index (χ1v) is 12.2. The Bertz CT molecular complexity index is 1010. The summed E-state index contributed by atoms with van der Waals surface area (Å²) in [4.78, 5) is 38.3. The van der Waals surface area contributed by atoms with Gasteiger partial charge in [0.1, 0.15) is 11.9 Å². The first-order valence-electron chi connectivity index (χ1n) is 11.1. The topological polar surface area (TPSA) is 95.9 Å². The van der Waals surface area contributed by atoms with Crippen molar-refractivity contribution in [3.05, 3.63) is 59.7 Å². The average molecular weight is 469 g/mol. The van der Waals surface area contributed by atoms with Crippen LogP contribution in [-0.4, -0.2) is 64.7 Å². The van der Waals surface area contributed by atoms with Gasteiger partial charge in [-0.3, -0.25) is 9.59 Å². The van der Waals surface area contributed by atoms with Gasteiger partial charge in [-0.1, -0.05) is 55.5 Å². The van der Waals surface area contributed by atoms with Crippen LogP contribution in [0.15, 0.2) is 48.5 Å². The van der Waals surface area contributed by atoms with Crippen LogP contribution >= 0.6 is 11.8 Å². The van der Waals surface area contributed by atoms with E-state index < -0.39 is 29.3 Å². The number of benzene rings is 2. The molecule has 0 spiro atoms. The van der Waals surface area contributed by atoms with Crippen LogP contribution in [0.2, 0.25) is 0 Å². The van der Waals surface area contributed by atoms with Crippen molar-refractivity contribution < 1.29 is 24.2 Å². The van der Waals surface area contributed by atoms with Crippen molar-refractivity contribution in [2.24, 2.45) is 5.92 Å². The number of rotatable bonds is 6. The summed E-state index contributed by atoms with van der Waals surface area (Å²) in [5, 5.41) is 11.4. The normalized spacial score (nSPS) is 19.2. The molecule has 0 radical (unpaired) electrons. The molecule has 2 N–H and O–H groups in total. The Hall–Kier alpha value is -3.00. The molecule has 0 aromatic heterocycles. The van der Waals surface area contributed by atoms with Gasteiger partial charge >= 0.3 is 12.1 Å². The first kappa shape index (κ1) is 23.2. The van der Waals surface area contributed by atoms with Crippen molar-refractivity contribution in [2.75, 3.05) is 25.4 Å². The van der Waals surface area contributed by atoms with Crippen molar-refractivity contribution in [1.82, 2.24) is 10.2 Å². The highest BCUT2D eigenvalue weighted by molar-refractivity contribution is 8.00. The highest BCUT2D eigenvalue weighted by Crippen LogP contribution is 2.44. The third-order valence-corrected chi connectivity index (χ3v) is 7.65. The van der Waals surface area contributed by atoms with Gasteiger partial charge in [0.2, 0.25) is 5.91 Å². The molecular weight excluding hydrogens is 440 g/mol. The predicted octanol–water partition coefficient (Wildman–Crippen LogP) is 3.58. The number of nitrogens with one attached hydrogen (secondary N) is 1. The highest BCUT2D eigenvalue weighted by atomic mass is 32.2. The van der Waals surface area contributed by atoms with Gasteiger partial charge < -0.3 is 20.1 Å². The smallest absolute Gasteiger partial charge is 0.407 e. The van der Waals surface area contributed by atoms with Crippen molar-refractivity contribution in [1.29, 1.82) is 0 Å². The largest absolute Gasteiger partial charge is 0.480 e. The number of carbonyl (C=O) groups excluding carboxylic acids is 2. The molecule has 1 fully saturated rings. The molecule has 7 nitrogen and oxygen atoms in total. The molecule has 0 bridgehead atoms. The molecule has 1 aliphatic carbocycles. The lowest BCUT2D eigenvalue weighted by Gasteiger charge is -2.33. The molecule has 3 atom stereocenters. The maximum atomic E-state index is 12.9. The fraction of sp³-hybridized carbons (Fsp3) is 0.400. The Morgan fingerprint density at radius 3 is 2.30 bits per heavy atom. The van der Waals surface area contributed by atoms with Gasteiger partial charge in [0.25, 0.3) is 0 Å². The summed E-state index contributed by atoms with van der Waals surface area (Å²) >= 11 is 1.35. The standard InChI is InChI=1S/C25H28N2O5S/c1-15(23(28)27-11-12-33-22(13-27)24(29)30)16(2)26-25(31)32-14-21-19-9-5-3-7-17(19)18-8-4-6-10-20(18)21/h3-10,15-16,21-22H,11-14H2,1-2H3,(H,26,31)(H,29,30). The molecule has 2 aromatic rings. The molecule has 33 heavy (non-hydrogen) atoms. The van der Waals surface area contributed by atoms with E-state index in [2.05, 4.69) is 29.6 Å². The van der Waals surface area contributed by atoms with E-state index in [1.165, 1.54) is 11.8 Å². The fourth-order valence-electron chi connectivity index (χ4n) is 4.45. The van der Waals surface area contributed by atoms with Crippen LogP contribution in [0, 0.1) is 5.92 Å². The van der Waals surface area contributed by atoms with Crippen LogP contribution in [0.4, 0.5) is 4.79 Å². The van der Waals surface area contributed by atoms with Gasteiger partial charge in [0.15, 0.2) is 0 Å². The maximum absolute atomic E-state index is 12.9. The SMILES string of the molecule is CC(NC(=O)OCC1c2ccccc2-c2ccccc21)C(C)C(=O)N1CCSC(C(=O)O)C1. The monoisotopic (exact) mass is 468 g/mol. The number of carbonyl (C=O) groups is 3. The van der Waals surface area contributed by atoms with E-state index in [4.69, 9.17) is 4.74 Å². The number of hydrogen-bond acceptors (Lipinski definition) is 5. The Labute approximate surface area is 197 Å². The van der Waals surface area contributed by atoms with Gasteiger partial charge in [-0.25, -0.2) is 4.79 Å². The maximum Gasteiger partial charge on any atom is 0.407 e. The lowest BCUT2D eigenvalue weighted by molar-refractivity contribution is -0.139. The van der Waals surface area contributed by atoms with Gasteiger partial charge in [-0.15, -0.1) is 11.8 Å². The molecule has 2 amide bonds. The molecular formula is C25H28N2O5S. The summed E-state index contributed by atoms with van der Waals surface area (Å²) < 4.78 is 5.58. The molecule has 1 aliphatic heterocycles. The van der Waals surface area contributed by atoms with Gasteiger partial charge in [-0.2, -0.15) is 0 Å². The Morgan fingerprint density at radius 2 is 1.70 bits per heavy atom. The molecule has 1 heterocycles. The average Bonchev–Trinajstić information content (AvgIpc) is 3.15. The number of thioether (sulfide) groups is 1. The van der Waals surface area contributed by atoms with Gasteiger partial charge in [0.05, 0.1) is 5.92 Å². The van der Waals surface area contributed by atoms with Gasteiger partial charge in [-0.05, 0) is 29.2 Å². The molecule has 3 unspecified atom stereocenters. The zero-order valence-corrected chi connectivity index (χ0v) is 19.5. The van der Waals surface area contributed by atoms with Crippen molar-refractivity contribution in [3.8, 4) is 11.1 Å². The minimum absolute atomic E-state index is 0.0312. The second-order valence-electron chi connectivity index (χ2n) is 8.53. The lowest BCUT2D eigenvalue weighted by atomic mass is 9.98. The number of carboxylic acids is 1. The van der Waals surface area contributed by atoms with E-state index >= 15 is 0 Å². The van der Waals surface area contributed by atoms with Crippen LogP contribution in [0.3, 0.4) is 0 Å².